The van der Waals surface area contributed by atoms with Crippen molar-refractivity contribution in [2.75, 3.05) is 22.5 Å². The maximum absolute atomic E-state index is 12.0. The maximum Gasteiger partial charge on any atom is 0.292 e. The summed E-state index contributed by atoms with van der Waals surface area (Å²) in [5.41, 5.74) is 1.81. The van der Waals surface area contributed by atoms with Gasteiger partial charge in [-0.2, -0.15) is 0 Å². The Morgan fingerprint density at radius 3 is 2.65 bits per heavy atom. The highest BCUT2D eigenvalue weighted by molar-refractivity contribution is 6.30. The van der Waals surface area contributed by atoms with Crippen molar-refractivity contribution < 1.29 is 14.5 Å². The Morgan fingerprint density at radius 2 is 1.96 bits per heavy atom. The Labute approximate surface area is 153 Å². The molecule has 8 nitrogen and oxygen atoms in total. The highest BCUT2D eigenvalue weighted by atomic mass is 35.5. The first-order chi connectivity index (χ1) is 12.4. The van der Waals surface area contributed by atoms with E-state index >= 15 is 0 Å². The Hall–Kier alpha value is -3.13. The van der Waals surface area contributed by atoms with Crippen molar-refractivity contribution in [3.05, 3.63) is 57.1 Å². The van der Waals surface area contributed by atoms with Crippen LogP contribution in [0.15, 0.2) is 36.4 Å². The van der Waals surface area contributed by atoms with Crippen LogP contribution in [0.25, 0.3) is 0 Å². The molecule has 0 atom stereocenters. The summed E-state index contributed by atoms with van der Waals surface area (Å²) in [7, 11) is 0. The smallest absolute Gasteiger partial charge is 0.292 e. The van der Waals surface area contributed by atoms with Crippen molar-refractivity contribution in [1.29, 1.82) is 0 Å². The molecule has 0 aliphatic carbocycles. The van der Waals surface area contributed by atoms with Gasteiger partial charge in [0.1, 0.15) is 5.69 Å². The number of carbonyl (C=O) groups is 2. The molecule has 0 saturated carbocycles. The number of nitro benzene ring substituents is 1. The maximum atomic E-state index is 12.0. The van der Waals surface area contributed by atoms with Crippen molar-refractivity contribution in [3.63, 3.8) is 0 Å². The van der Waals surface area contributed by atoms with E-state index in [0.29, 0.717) is 34.8 Å². The first-order valence-corrected chi connectivity index (χ1v) is 8.20. The van der Waals surface area contributed by atoms with Gasteiger partial charge in [-0.05, 0) is 42.3 Å². The van der Waals surface area contributed by atoms with E-state index in [1.807, 2.05) is 0 Å². The molecule has 2 aromatic carbocycles. The third kappa shape index (κ3) is 4.09. The van der Waals surface area contributed by atoms with Crippen molar-refractivity contribution in [2.45, 2.75) is 12.8 Å². The second-order valence-corrected chi connectivity index (χ2v) is 6.18. The first-order valence-electron chi connectivity index (χ1n) is 7.83. The molecule has 1 aliphatic heterocycles. The van der Waals surface area contributed by atoms with Gasteiger partial charge in [-0.15, -0.1) is 0 Å². The summed E-state index contributed by atoms with van der Waals surface area (Å²) in [4.78, 5) is 34.3. The van der Waals surface area contributed by atoms with Gasteiger partial charge in [0.15, 0.2) is 0 Å². The zero-order valence-corrected chi connectivity index (χ0v) is 14.3. The van der Waals surface area contributed by atoms with Crippen LogP contribution >= 0.6 is 11.6 Å². The SMILES string of the molecule is O=C(CNc1cc2c(cc1[N+](=O)[O-])CCC(=O)N2)Nc1ccc(Cl)cc1. The van der Waals surface area contributed by atoms with E-state index in [1.54, 1.807) is 24.3 Å². The number of nitro groups is 1. The lowest BCUT2D eigenvalue weighted by molar-refractivity contribution is -0.384. The van der Waals surface area contributed by atoms with Crippen LogP contribution in [0.5, 0.6) is 0 Å². The van der Waals surface area contributed by atoms with Crippen LogP contribution in [0.3, 0.4) is 0 Å². The summed E-state index contributed by atoms with van der Waals surface area (Å²) >= 11 is 5.79. The van der Waals surface area contributed by atoms with Crippen LogP contribution in [0.2, 0.25) is 5.02 Å². The molecule has 0 aromatic heterocycles. The van der Waals surface area contributed by atoms with E-state index in [1.165, 1.54) is 12.1 Å². The van der Waals surface area contributed by atoms with E-state index in [0.717, 1.165) is 0 Å². The molecular formula is C17H15ClN4O4. The fraction of sp³-hybridized carbons (Fsp3) is 0.176. The minimum Gasteiger partial charge on any atom is -0.370 e. The van der Waals surface area contributed by atoms with Gasteiger partial charge in [-0.3, -0.25) is 19.7 Å². The predicted molar refractivity (Wildman–Crippen MR) is 98.6 cm³/mol. The number of nitrogens with one attached hydrogen (secondary N) is 3. The van der Waals surface area contributed by atoms with E-state index < -0.39 is 4.92 Å². The fourth-order valence-corrected chi connectivity index (χ4v) is 2.75. The highest BCUT2D eigenvalue weighted by Gasteiger charge is 2.22. The Bertz CT molecular complexity index is 883. The quantitative estimate of drug-likeness (QED) is 0.549. The van der Waals surface area contributed by atoms with Crippen molar-refractivity contribution in [1.82, 2.24) is 0 Å². The number of nitrogens with zero attached hydrogens (tertiary/aromatic N) is 1. The van der Waals surface area contributed by atoms with Crippen molar-refractivity contribution in [2.24, 2.45) is 0 Å². The number of carbonyl (C=O) groups excluding carboxylic acids is 2. The number of anilines is 3. The number of amides is 2. The van der Waals surface area contributed by atoms with Crippen LogP contribution in [0, 0.1) is 10.1 Å². The Morgan fingerprint density at radius 1 is 1.23 bits per heavy atom. The van der Waals surface area contributed by atoms with Crippen LogP contribution in [-0.4, -0.2) is 23.3 Å². The molecule has 0 saturated heterocycles. The molecule has 1 heterocycles. The predicted octanol–water partition coefficient (Wildman–Crippen LogP) is 3.18. The van der Waals surface area contributed by atoms with Gasteiger partial charge in [0.2, 0.25) is 11.8 Å². The molecule has 9 heteroatoms. The molecule has 0 bridgehead atoms. The molecular weight excluding hydrogens is 360 g/mol. The highest BCUT2D eigenvalue weighted by Crippen LogP contribution is 2.34. The average molecular weight is 375 g/mol. The number of hydrogen-bond donors (Lipinski definition) is 3. The summed E-state index contributed by atoms with van der Waals surface area (Å²) in [6, 6.07) is 9.49. The topological polar surface area (TPSA) is 113 Å². The average Bonchev–Trinajstić information content (AvgIpc) is 2.61. The number of rotatable bonds is 5. The van der Waals surface area contributed by atoms with Gasteiger partial charge in [0.25, 0.3) is 5.69 Å². The largest absolute Gasteiger partial charge is 0.370 e. The summed E-state index contributed by atoms with van der Waals surface area (Å²) in [6.07, 6.45) is 0.736. The van der Waals surface area contributed by atoms with E-state index in [4.69, 9.17) is 11.6 Å². The summed E-state index contributed by atoms with van der Waals surface area (Å²) in [5.74, 6) is -0.513. The lowest BCUT2D eigenvalue weighted by atomic mass is 10.0. The fourth-order valence-electron chi connectivity index (χ4n) is 2.62. The van der Waals surface area contributed by atoms with E-state index in [2.05, 4.69) is 16.0 Å². The van der Waals surface area contributed by atoms with Gasteiger partial charge >= 0.3 is 0 Å². The summed E-state index contributed by atoms with van der Waals surface area (Å²) in [5, 5.41) is 20.0. The van der Waals surface area contributed by atoms with Gasteiger partial charge in [0.05, 0.1) is 11.5 Å². The molecule has 2 aromatic rings. The molecule has 134 valence electrons. The molecule has 3 rings (SSSR count). The number of benzene rings is 2. The number of halogens is 1. The Kier molecular flexibility index (Phi) is 5.04. The normalized spacial score (nSPS) is 12.7. The van der Waals surface area contributed by atoms with Crippen LogP contribution in [0.4, 0.5) is 22.7 Å². The second-order valence-electron chi connectivity index (χ2n) is 5.74. The Balaban J connectivity index is 1.73. The molecule has 0 unspecified atom stereocenters. The van der Waals surface area contributed by atoms with E-state index in [-0.39, 0.29) is 29.7 Å². The molecule has 3 N–H and O–H groups in total. The second kappa shape index (κ2) is 7.40. The van der Waals surface area contributed by atoms with Crippen LogP contribution in [0.1, 0.15) is 12.0 Å². The van der Waals surface area contributed by atoms with Gasteiger partial charge in [-0.1, -0.05) is 11.6 Å². The zero-order chi connectivity index (χ0) is 18.7. The van der Waals surface area contributed by atoms with E-state index in [9.17, 15) is 19.7 Å². The lowest BCUT2D eigenvalue weighted by Crippen LogP contribution is -2.23. The molecule has 1 aliphatic rings. The lowest BCUT2D eigenvalue weighted by Gasteiger charge is -2.18. The van der Waals surface area contributed by atoms with Crippen molar-refractivity contribution >= 4 is 46.2 Å². The van der Waals surface area contributed by atoms with Crippen LogP contribution < -0.4 is 16.0 Å². The molecule has 2 amide bonds. The third-order valence-electron chi connectivity index (χ3n) is 3.88. The minimum atomic E-state index is -0.518. The monoisotopic (exact) mass is 374 g/mol. The molecule has 0 fully saturated rings. The van der Waals surface area contributed by atoms with Gasteiger partial charge in [-0.25, -0.2) is 0 Å². The van der Waals surface area contributed by atoms with Crippen molar-refractivity contribution in [3.8, 4) is 0 Å². The van der Waals surface area contributed by atoms with Gasteiger partial charge < -0.3 is 16.0 Å². The summed E-state index contributed by atoms with van der Waals surface area (Å²) < 4.78 is 0. The summed E-state index contributed by atoms with van der Waals surface area (Å²) in [6.45, 7) is -0.170. The number of fused-ring (bicyclic) bond motifs is 1. The standard InChI is InChI=1S/C17H15ClN4O4/c18-11-2-4-12(5-3-11)20-17(24)9-19-14-8-13-10(1-6-16(23)21-13)7-15(14)22(25)26/h2-5,7-8,19H,1,6,9H2,(H,20,24)(H,21,23). The third-order valence-corrected chi connectivity index (χ3v) is 4.13. The zero-order valence-electron chi connectivity index (χ0n) is 13.5. The minimum absolute atomic E-state index is 0.140. The van der Waals surface area contributed by atoms with Crippen LogP contribution in [-0.2, 0) is 16.0 Å². The first kappa shape index (κ1) is 17.7. The molecule has 26 heavy (non-hydrogen) atoms. The number of aryl methyl sites for hydroxylation is 1. The number of hydrogen-bond acceptors (Lipinski definition) is 5. The molecule has 0 spiro atoms. The van der Waals surface area contributed by atoms with Gasteiger partial charge in [0, 0.05) is 28.9 Å². The molecule has 0 radical (unpaired) electrons.